The van der Waals surface area contributed by atoms with Crippen molar-refractivity contribution < 1.29 is 4.79 Å². The van der Waals surface area contributed by atoms with Crippen LogP contribution in [0.15, 0.2) is 24.4 Å². The number of allylic oxidation sites excluding steroid dienone is 2. The lowest BCUT2D eigenvalue weighted by Crippen LogP contribution is -2.48. The van der Waals surface area contributed by atoms with E-state index in [1.165, 1.54) is 32.1 Å². The van der Waals surface area contributed by atoms with Gasteiger partial charge >= 0.3 is 0 Å². The Kier molecular flexibility index (Phi) is 8.40. The highest BCUT2D eigenvalue weighted by Gasteiger charge is 2.23. The van der Waals surface area contributed by atoms with Gasteiger partial charge < -0.3 is 16.4 Å². The van der Waals surface area contributed by atoms with Gasteiger partial charge in [-0.1, -0.05) is 66.3 Å². The molecule has 130 valence electrons. The van der Waals surface area contributed by atoms with Gasteiger partial charge in [0.05, 0.1) is 6.04 Å². The number of dihydropyridines is 1. The van der Waals surface area contributed by atoms with Crippen LogP contribution in [0.5, 0.6) is 0 Å². The van der Waals surface area contributed by atoms with Gasteiger partial charge in [0.25, 0.3) is 0 Å². The first-order chi connectivity index (χ1) is 11.2. The van der Waals surface area contributed by atoms with E-state index in [4.69, 9.17) is 5.73 Å². The molecule has 1 heterocycles. The van der Waals surface area contributed by atoms with E-state index in [0.29, 0.717) is 17.7 Å². The van der Waals surface area contributed by atoms with Crippen molar-refractivity contribution in [1.82, 2.24) is 10.6 Å². The molecule has 1 fully saturated rings. The Hall–Kier alpha value is -0.590. The molecule has 2 rings (SSSR count). The zero-order valence-electron chi connectivity index (χ0n) is 13.9. The molecule has 4 nitrogen and oxygen atoms in total. The second kappa shape index (κ2) is 10.3. The topological polar surface area (TPSA) is 67.2 Å². The summed E-state index contributed by atoms with van der Waals surface area (Å²) in [7, 11) is 3.35. The van der Waals surface area contributed by atoms with Crippen molar-refractivity contribution >= 4 is 27.5 Å². The fourth-order valence-electron chi connectivity index (χ4n) is 2.92. The minimum absolute atomic E-state index is 0.00237. The molecule has 6 heteroatoms. The van der Waals surface area contributed by atoms with E-state index < -0.39 is 6.04 Å². The summed E-state index contributed by atoms with van der Waals surface area (Å²) >= 11 is 0. The summed E-state index contributed by atoms with van der Waals surface area (Å²) in [4.78, 5) is 12.3. The first kappa shape index (κ1) is 18.7. The molecule has 0 aromatic carbocycles. The standard InChI is InChI=1S/C17H29N3OS2/c1-13-8-4-2-3-5-9-15(13)20-17(21)14(18)12-22-23-16-10-6-7-11-19-16/h6-7,10-11,13-16,19H,2-5,8-9,12,18H2,1H3,(H,20,21)/t13-,14?,15?,16?/m0/s1. The van der Waals surface area contributed by atoms with Crippen LogP contribution in [0.2, 0.25) is 0 Å². The lowest BCUT2D eigenvalue weighted by atomic mass is 9.88. The largest absolute Gasteiger partial charge is 0.375 e. The highest BCUT2D eigenvalue weighted by molar-refractivity contribution is 8.77. The predicted molar refractivity (Wildman–Crippen MR) is 102 cm³/mol. The van der Waals surface area contributed by atoms with Gasteiger partial charge in [-0.3, -0.25) is 4.79 Å². The van der Waals surface area contributed by atoms with Crippen molar-refractivity contribution in [1.29, 1.82) is 0 Å². The first-order valence-corrected chi connectivity index (χ1v) is 11.0. The van der Waals surface area contributed by atoms with E-state index in [1.54, 1.807) is 21.6 Å². The summed E-state index contributed by atoms with van der Waals surface area (Å²) in [5.74, 6) is 1.19. The molecule has 3 unspecified atom stereocenters. The fraction of sp³-hybridized carbons (Fsp3) is 0.706. The molecule has 0 saturated heterocycles. The maximum Gasteiger partial charge on any atom is 0.238 e. The van der Waals surface area contributed by atoms with Crippen molar-refractivity contribution in [2.24, 2.45) is 11.7 Å². The molecule has 1 saturated carbocycles. The summed E-state index contributed by atoms with van der Waals surface area (Å²) in [6, 6.07) is -0.146. The van der Waals surface area contributed by atoms with E-state index in [9.17, 15) is 4.79 Å². The molecule has 0 aromatic rings. The maximum atomic E-state index is 12.3. The smallest absolute Gasteiger partial charge is 0.238 e. The summed E-state index contributed by atoms with van der Waals surface area (Å²) in [5, 5.41) is 6.69. The molecule has 0 spiro atoms. The quantitative estimate of drug-likeness (QED) is 0.639. The second-order valence-electron chi connectivity index (χ2n) is 6.40. The minimum atomic E-state index is -0.437. The Bertz CT molecular complexity index is 428. The molecule has 0 radical (unpaired) electrons. The molecule has 4 N–H and O–H groups in total. The highest BCUT2D eigenvalue weighted by atomic mass is 33.1. The maximum absolute atomic E-state index is 12.3. The van der Waals surface area contributed by atoms with Gasteiger partial charge in [-0.25, -0.2) is 0 Å². The third kappa shape index (κ3) is 6.81. The number of carbonyl (C=O) groups excluding carboxylic acids is 1. The summed E-state index contributed by atoms with van der Waals surface area (Å²) in [5.41, 5.74) is 6.07. The number of carbonyl (C=O) groups is 1. The Morgan fingerprint density at radius 3 is 2.83 bits per heavy atom. The number of amides is 1. The zero-order valence-corrected chi connectivity index (χ0v) is 15.5. The van der Waals surface area contributed by atoms with Gasteiger partial charge in [0, 0.05) is 11.8 Å². The number of hydrogen-bond acceptors (Lipinski definition) is 5. The predicted octanol–water partition coefficient (Wildman–Crippen LogP) is 3.17. The SMILES string of the molecule is C[C@H]1CCCCCCC1NC(=O)C(N)CSSC1C=CC=CN1. The molecule has 1 aliphatic carbocycles. The van der Waals surface area contributed by atoms with Crippen LogP contribution in [-0.2, 0) is 4.79 Å². The average Bonchev–Trinajstić information content (AvgIpc) is 2.55. The van der Waals surface area contributed by atoms with E-state index in [0.717, 1.165) is 6.42 Å². The van der Waals surface area contributed by atoms with E-state index in [-0.39, 0.29) is 11.3 Å². The van der Waals surface area contributed by atoms with E-state index >= 15 is 0 Å². The van der Waals surface area contributed by atoms with Crippen LogP contribution >= 0.6 is 21.6 Å². The normalized spacial score (nSPS) is 29.2. The highest BCUT2D eigenvalue weighted by Crippen LogP contribution is 2.28. The van der Waals surface area contributed by atoms with Gasteiger partial charge in [-0.15, -0.1) is 0 Å². The van der Waals surface area contributed by atoms with Crippen molar-refractivity contribution in [2.75, 3.05) is 5.75 Å². The van der Waals surface area contributed by atoms with E-state index in [2.05, 4.69) is 23.6 Å². The number of hydrogen-bond donors (Lipinski definition) is 3. The van der Waals surface area contributed by atoms with Gasteiger partial charge in [-0.2, -0.15) is 0 Å². The van der Waals surface area contributed by atoms with Gasteiger partial charge in [0.1, 0.15) is 5.37 Å². The number of rotatable bonds is 6. The number of nitrogens with one attached hydrogen (secondary N) is 2. The monoisotopic (exact) mass is 355 g/mol. The second-order valence-corrected chi connectivity index (χ2v) is 8.96. The van der Waals surface area contributed by atoms with Crippen LogP contribution in [0.25, 0.3) is 0 Å². The zero-order chi connectivity index (χ0) is 16.5. The van der Waals surface area contributed by atoms with Crippen LogP contribution in [0.3, 0.4) is 0 Å². The molecule has 0 aromatic heterocycles. The van der Waals surface area contributed by atoms with Crippen molar-refractivity contribution in [3.63, 3.8) is 0 Å². The molecule has 1 amide bonds. The first-order valence-electron chi connectivity index (χ1n) is 8.60. The van der Waals surface area contributed by atoms with Gasteiger partial charge in [0.15, 0.2) is 0 Å². The Labute approximate surface area is 147 Å². The molecular formula is C17H29N3OS2. The Morgan fingerprint density at radius 1 is 1.30 bits per heavy atom. The van der Waals surface area contributed by atoms with Crippen LogP contribution < -0.4 is 16.4 Å². The molecule has 4 atom stereocenters. The van der Waals surface area contributed by atoms with Crippen LogP contribution in [-0.4, -0.2) is 29.1 Å². The van der Waals surface area contributed by atoms with Crippen molar-refractivity contribution in [3.8, 4) is 0 Å². The Morgan fingerprint density at radius 2 is 2.09 bits per heavy atom. The van der Waals surface area contributed by atoms with Gasteiger partial charge in [-0.05, 0) is 31.0 Å². The third-order valence-corrected chi connectivity index (χ3v) is 7.02. The summed E-state index contributed by atoms with van der Waals surface area (Å²) in [6.45, 7) is 2.25. The van der Waals surface area contributed by atoms with Crippen LogP contribution in [0, 0.1) is 5.92 Å². The van der Waals surface area contributed by atoms with Gasteiger partial charge in [0.2, 0.25) is 5.91 Å². The molecule has 1 aliphatic heterocycles. The van der Waals surface area contributed by atoms with Crippen LogP contribution in [0.4, 0.5) is 0 Å². The molecule has 0 bridgehead atoms. The fourth-order valence-corrected chi connectivity index (χ4v) is 5.21. The van der Waals surface area contributed by atoms with Crippen molar-refractivity contribution in [3.05, 3.63) is 24.4 Å². The minimum Gasteiger partial charge on any atom is -0.375 e. The molecule has 2 aliphatic rings. The third-order valence-electron chi connectivity index (χ3n) is 4.45. The number of nitrogens with two attached hydrogens (primary N) is 1. The lowest BCUT2D eigenvalue weighted by molar-refractivity contribution is -0.123. The van der Waals surface area contributed by atoms with E-state index in [1.807, 2.05) is 18.4 Å². The summed E-state index contributed by atoms with van der Waals surface area (Å²) < 4.78 is 0. The Balaban J connectivity index is 1.68. The van der Waals surface area contributed by atoms with Crippen molar-refractivity contribution in [2.45, 2.75) is 62.9 Å². The molecule has 23 heavy (non-hydrogen) atoms. The average molecular weight is 356 g/mol. The molecular weight excluding hydrogens is 326 g/mol. The lowest BCUT2D eigenvalue weighted by Gasteiger charge is -2.28. The van der Waals surface area contributed by atoms with Crippen LogP contribution in [0.1, 0.15) is 45.4 Å². The summed E-state index contributed by atoms with van der Waals surface area (Å²) in [6.07, 6.45) is 15.4.